The third-order valence-corrected chi connectivity index (χ3v) is 5.10. The van der Waals surface area contributed by atoms with Gasteiger partial charge in [0.05, 0.1) is 34.2 Å². The fraction of sp³-hybridized carbons (Fsp3) is 0.200. The predicted molar refractivity (Wildman–Crippen MR) is 109 cm³/mol. The second-order valence-electron chi connectivity index (χ2n) is 7.35. The van der Waals surface area contributed by atoms with Crippen LogP contribution in [0.4, 0.5) is 13.2 Å². The van der Waals surface area contributed by atoms with Gasteiger partial charge in [-0.05, 0) is 25.1 Å². The number of H-pyrrole nitrogens is 1. The molecule has 13 heteroatoms. The number of fused-ring (bicyclic) bond motifs is 2. The summed E-state index contributed by atoms with van der Waals surface area (Å²) in [4.78, 5) is 28.0. The van der Waals surface area contributed by atoms with Crippen LogP contribution in [0.1, 0.15) is 34.8 Å². The smallest absolute Gasteiger partial charge is 0.358 e. The SMILES string of the molecule is C[C@H](NC(=O)c1ncnc2c1cnn2C)c1cc(-c2nc3ccc(C(F)(F)F)cc3[nH]2)no1. The van der Waals surface area contributed by atoms with Gasteiger partial charge in [0.1, 0.15) is 17.7 Å². The number of carbonyl (C=O) groups is 1. The molecule has 0 radical (unpaired) electrons. The van der Waals surface area contributed by atoms with Gasteiger partial charge >= 0.3 is 6.18 Å². The van der Waals surface area contributed by atoms with Gasteiger partial charge in [0.25, 0.3) is 5.91 Å². The first-order valence-electron chi connectivity index (χ1n) is 9.68. The Labute approximate surface area is 182 Å². The average Bonchev–Trinajstić information content (AvgIpc) is 3.50. The van der Waals surface area contributed by atoms with E-state index in [0.29, 0.717) is 22.3 Å². The Balaban J connectivity index is 1.37. The standard InChI is InChI=1S/C20H15F3N8O2/c1-9(27-19(32)16-11-7-26-31(2)18(11)25-8-24-16)15-6-14(30-33-15)17-28-12-4-3-10(20(21,22)23)5-13(12)29-17/h3-9H,1-2H3,(H,27,32)(H,28,29)/t9-/m0/s1. The monoisotopic (exact) mass is 456 g/mol. The van der Waals surface area contributed by atoms with Crippen LogP contribution in [0.3, 0.4) is 0 Å². The lowest BCUT2D eigenvalue weighted by molar-refractivity contribution is -0.137. The Hall–Kier alpha value is -4.29. The van der Waals surface area contributed by atoms with Gasteiger partial charge in [-0.25, -0.2) is 15.0 Å². The summed E-state index contributed by atoms with van der Waals surface area (Å²) in [7, 11) is 1.71. The first kappa shape index (κ1) is 20.6. The van der Waals surface area contributed by atoms with Crippen molar-refractivity contribution in [1.82, 2.24) is 40.2 Å². The van der Waals surface area contributed by atoms with Crippen molar-refractivity contribution in [3.05, 3.63) is 53.8 Å². The van der Waals surface area contributed by atoms with E-state index in [1.165, 1.54) is 23.3 Å². The molecule has 10 nitrogen and oxygen atoms in total. The predicted octanol–water partition coefficient (Wildman–Crippen LogP) is 3.40. The number of imidazole rings is 1. The number of nitrogens with zero attached hydrogens (tertiary/aromatic N) is 6. The molecule has 0 unspecified atom stereocenters. The summed E-state index contributed by atoms with van der Waals surface area (Å²) in [5, 5.41) is 11.3. The molecule has 0 spiro atoms. The first-order chi connectivity index (χ1) is 15.7. The summed E-state index contributed by atoms with van der Waals surface area (Å²) in [5.74, 6) is 0.112. The van der Waals surface area contributed by atoms with Crippen molar-refractivity contribution in [3.63, 3.8) is 0 Å². The molecule has 0 saturated carbocycles. The molecule has 5 aromatic rings. The van der Waals surface area contributed by atoms with Crippen LogP contribution < -0.4 is 5.32 Å². The number of rotatable bonds is 4. The average molecular weight is 456 g/mol. The molecule has 0 bridgehead atoms. The number of aryl methyl sites for hydroxylation is 1. The van der Waals surface area contributed by atoms with Crippen molar-refractivity contribution >= 4 is 28.0 Å². The molecule has 0 aliphatic carbocycles. The summed E-state index contributed by atoms with van der Waals surface area (Å²) in [6.07, 6.45) is -1.67. The highest BCUT2D eigenvalue weighted by molar-refractivity contribution is 6.03. The van der Waals surface area contributed by atoms with Crippen LogP contribution in [0, 0.1) is 0 Å². The molecule has 0 aliphatic rings. The Bertz CT molecular complexity index is 1500. The maximum atomic E-state index is 12.9. The van der Waals surface area contributed by atoms with E-state index in [9.17, 15) is 18.0 Å². The molecule has 0 fully saturated rings. The molecule has 1 atom stereocenters. The molecule has 0 aliphatic heterocycles. The van der Waals surface area contributed by atoms with Gasteiger partial charge in [0.15, 0.2) is 17.2 Å². The normalized spacial score (nSPS) is 13.0. The van der Waals surface area contributed by atoms with Crippen LogP contribution in [0.15, 0.2) is 41.3 Å². The van der Waals surface area contributed by atoms with Gasteiger partial charge < -0.3 is 14.8 Å². The van der Waals surface area contributed by atoms with E-state index >= 15 is 0 Å². The van der Waals surface area contributed by atoms with E-state index in [-0.39, 0.29) is 22.7 Å². The molecule has 4 aromatic heterocycles. The lowest BCUT2D eigenvalue weighted by atomic mass is 10.2. The van der Waals surface area contributed by atoms with Crippen molar-refractivity contribution < 1.29 is 22.5 Å². The first-order valence-corrected chi connectivity index (χ1v) is 9.68. The minimum Gasteiger partial charge on any atom is -0.358 e. The Morgan fingerprint density at radius 3 is 2.85 bits per heavy atom. The molecule has 1 amide bonds. The van der Waals surface area contributed by atoms with Gasteiger partial charge in [0.2, 0.25) is 0 Å². The third-order valence-electron chi connectivity index (χ3n) is 5.10. The number of hydrogen-bond donors (Lipinski definition) is 2. The molecular weight excluding hydrogens is 441 g/mol. The van der Waals surface area contributed by atoms with Crippen molar-refractivity contribution in [1.29, 1.82) is 0 Å². The molecule has 0 saturated heterocycles. The minimum atomic E-state index is -4.46. The topological polar surface area (TPSA) is 127 Å². The van der Waals surface area contributed by atoms with Crippen molar-refractivity contribution in [2.45, 2.75) is 19.1 Å². The van der Waals surface area contributed by atoms with Crippen LogP contribution in [-0.4, -0.2) is 40.8 Å². The molecule has 5 rings (SSSR count). The van der Waals surface area contributed by atoms with Crippen molar-refractivity contribution in [2.24, 2.45) is 7.05 Å². The molecule has 2 N–H and O–H groups in total. The number of benzene rings is 1. The molecule has 1 aromatic carbocycles. The second kappa shape index (κ2) is 7.39. The quantitative estimate of drug-likeness (QED) is 0.424. The number of hydrogen-bond acceptors (Lipinski definition) is 7. The molecule has 33 heavy (non-hydrogen) atoms. The van der Waals surface area contributed by atoms with Crippen LogP contribution in [0.25, 0.3) is 33.6 Å². The summed E-state index contributed by atoms with van der Waals surface area (Å²) >= 11 is 0. The van der Waals surface area contributed by atoms with Crippen molar-refractivity contribution in [2.75, 3.05) is 0 Å². The highest BCUT2D eigenvalue weighted by Gasteiger charge is 2.31. The third kappa shape index (κ3) is 3.66. The lowest BCUT2D eigenvalue weighted by Gasteiger charge is -2.10. The van der Waals surface area contributed by atoms with Crippen molar-refractivity contribution in [3.8, 4) is 11.5 Å². The number of nitrogens with one attached hydrogen (secondary N) is 2. The fourth-order valence-electron chi connectivity index (χ4n) is 3.39. The van der Waals surface area contributed by atoms with Gasteiger partial charge in [-0.1, -0.05) is 5.16 Å². The van der Waals surface area contributed by atoms with E-state index in [2.05, 4.69) is 35.5 Å². The number of alkyl halides is 3. The summed E-state index contributed by atoms with van der Waals surface area (Å²) in [5.41, 5.74) is 0.756. The van der Waals surface area contributed by atoms with Gasteiger partial charge in [-0.3, -0.25) is 9.48 Å². The zero-order valence-electron chi connectivity index (χ0n) is 17.2. The van der Waals surface area contributed by atoms with E-state index in [0.717, 1.165) is 12.1 Å². The Kier molecular flexibility index (Phi) is 4.62. The maximum Gasteiger partial charge on any atom is 0.416 e. The number of aromatic amines is 1. The highest BCUT2D eigenvalue weighted by Crippen LogP contribution is 2.32. The van der Waals surface area contributed by atoms with E-state index in [1.54, 1.807) is 20.0 Å². The minimum absolute atomic E-state index is 0.164. The fourth-order valence-corrected chi connectivity index (χ4v) is 3.39. The second-order valence-corrected chi connectivity index (χ2v) is 7.35. The van der Waals surface area contributed by atoms with Crippen LogP contribution in [0.2, 0.25) is 0 Å². The lowest BCUT2D eigenvalue weighted by Crippen LogP contribution is -2.27. The van der Waals surface area contributed by atoms with Gasteiger partial charge in [0, 0.05) is 13.1 Å². The molecular formula is C20H15F3N8O2. The number of halogens is 3. The Morgan fingerprint density at radius 1 is 1.24 bits per heavy atom. The number of aromatic nitrogens is 7. The highest BCUT2D eigenvalue weighted by atomic mass is 19.4. The largest absolute Gasteiger partial charge is 0.416 e. The van der Waals surface area contributed by atoms with Gasteiger partial charge in [-0.2, -0.15) is 18.3 Å². The maximum absolute atomic E-state index is 12.9. The zero-order chi connectivity index (χ0) is 23.3. The van der Waals surface area contributed by atoms with Crippen LogP contribution in [-0.2, 0) is 13.2 Å². The van der Waals surface area contributed by atoms with E-state index in [4.69, 9.17) is 4.52 Å². The van der Waals surface area contributed by atoms with E-state index in [1.807, 2.05) is 0 Å². The molecule has 4 heterocycles. The zero-order valence-corrected chi connectivity index (χ0v) is 17.2. The molecule has 168 valence electrons. The number of carbonyl (C=O) groups excluding carboxylic acids is 1. The summed E-state index contributed by atoms with van der Waals surface area (Å²) in [6.45, 7) is 1.69. The van der Waals surface area contributed by atoms with Crippen LogP contribution in [0.5, 0.6) is 0 Å². The van der Waals surface area contributed by atoms with E-state index < -0.39 is 23.7 Å². The van der Waals surface area contributed by atoms with Gasteiger partial charge in [-0.15, -0.1) is 0 Å². The number of amides is 1. The summed E-state index contributed by atoms with van der Waals surface area (Å²) in [6, 6.07) is 4.19. The van der Waals surface area contributed by atoms with Crippen LogP contribution >= 0.6 is 0 Å². The summed E-state index contributed by atoms with van der Waals surface area (Å²) < 4.78 is 45.7. The Morgan fingerprint density at radius 2 is 2.06 bits per heavy atom.